The van der Waals surface area contributed by atoms with Crippen LogP contribution in [-0.2, 0) is 9.53 Å². The zero-order chi connectivity index (χ0) is 13.0. The Labute approximate surface area is 106 Å². The monoisotopic (exact) mass is 251 g/mol. The average molecular weight is 251 g/mol. The molecular formula is C13H17NO4. The molecule has 5 nitrogen and oxygen atoms in total. The first kappa shape index (κ1) is 12.7. The molecule has 0 bridgehead atoms. The third-order valence-electron chi connectivity index (χ3n) is 2.55. The molecule has 0 N–H and O–H groups in total. The van der Waals surface area contributed by atoms with Crippen LogP contribution in [0.15, 0.2) is 24.3 Å². The van der Waals surface area contributed by atoms with Gasteiger partial charge in [0, 0.05) is 6.54 Å². The van der Waals surface area contributed by atoms with E-state index in [-0.39, 0.29) is 12.6 Å². The Kier molecular flexibility index (Phi) is 4.04. The van der Waals surface area contributed by atoms with Crippen molar-refractivity contribution in [2.45, 2.75) is 6.10 Å². The van der Waals surface area contributed by atoms with Crippen LogP contribution in [0.4, 0.5) is 0 Å². The Morgan fingerprint density at radius 2 is 2.11 bits per heavy atom. The van der Waals surface area contributed by atoms with E-state index in [4.69, 9.17) is 14.2 Å². The van der Waals surface area contributed by atoms with Gasteiger partial charge < -0.3 is 19.1 Å². The Bertz CT molecular complexity index is 419. The predicted molar refractivity (Wildman–Crippen MR) is 65.9 cm³/mol. The third kappa shape index (κ3) is 3.13. The summed E-state index contributed by atoms with van der Waals surface area (Å²) in [7, 11) is 3.84. The minimum absolute atomic E-state index is 0.192. The number of carbonyl (C=O) groups is 1. The molecule has 0 saturated carbocycles. The second-order valence-corrected chi connectivity index (χ2v) is 4.34. The molecule has 2 rings (SSSR count). The van der Waals surface area contributed by atoms with Crippen LogP contribution in [0.1, 0.15) is 0 Å². The highest BCUT2D eigenvalue weighted by Gasteiger charge is 2.28. The molecule has 0 fully saturated rings. The molecule has 0 amide bonds. The van der Waals surface area contributed by atoms with Gasteiger partial charge in [0.05, 0.1) is 0 Å². The molecule has 1 atom stereocenters. The normalized spacial score (nSPS) is 17.6. The number of likely N-dealkylation sites (N-methyl/N-ethyl adjacent to an activating group) is 1. The second kappa shape index (κ2) is 5.73. The minimum Gasteiger partial charge on any atom is -0.485 e. The van der Waals surface area contributed by atoms with Crippen LogP contribution in [0.25, 0.3) is 0 Å². The van der Waals surface area contributed by atoms with Gasteiger partial charge in [-0.2, -0.15) is 0 Å². The topological polar surface area (TPSA) is 48.0 Å². The van der Waals surface area contributed by atoms with Gasteiger partial charge in [0.25, 0.3) is 0 Å². The number of para-hydroxylation sites is 2. The lowest BCUT2D eigenvalue weighted by Crippen LogP contribution is -2.38. The fourth-order valence-corrected chi connectivity index (χ4v) is 1.56. The highest BCUT2D eigenvalue weighted by molar-refractivity contribution is 5.76. The lowest BCUT2D eigenvalue weighted by Gasteiger charge is -2.25. The van der Waals surface area contributed by atoms with Gasteiger partial charge in [-0.15, -0.1) is 0 Å². The van der Waals surface area contributed by atoms with Gasteiger partial charge in [-0.25, -0.2) is 4.79 Å². The van der Waals surface area contributed by atoms with Crippen molar-refractivity contribution in [2.24, 2.45) is 0 Å². The van der Waals surface area contributed by atoms with Gasteiger partial charge >= 0.3 is 5.97 Å². The summed E-state index contributed by atoms with van der Waals surface area (Å²) >= 11 is 0. The quantitative estimate of drug-likeness (QED) is 0.745. The number of nitrogens with zero attached hydrogens (tertiary/aromatic N) is 1. The number of rotatable bonds is 4. The average Bonchev–Trinajstić information content (AvgIpc) is 2.37. The molecule has 0 spiro atoms. The van der Waals surface area contributed by atoms with E-state index in [9.17, 15) is 4.79 Å². The molecule has 0 radical (unpaired) electrons. The highest BCUT2D eigenvalue weighted by Crippen LogP contribution is 2.30. The van der Waals surface area contributed by atoms with Crippen molar-refractivity contribution in [3.05, 3.63) is 24.3 Å². The van der Waals surface area contributed by atoms with Crippen molar-refractivity contribution in [3.8, 4) is 11.5 Å². The van der Waals surface area contributed by atoms with E-state index < -0.39 is 6.10 Å². The fourth-order valence-electron chi connectivity index (χ4n) is 1.56. The Morgan fingerprint density at radius 3 is 2.83 bits per heavy atom. The zero-order valence-corrected chi connectivity index (χ0v) is 10.6. The fraction of sp³-hybridized carbons (Fsp3) is 0.462. The minimum atomic E-state index is -0.679. The summed E-state index contributed by atoms with van der Waals surface area (Å²) in [6.45, 7) is 1.24. The van der Waals surface area contributed by atoms with E-state index in [1.807, 2.05) is 37.2 Å². The number of hydrogen-bond donors (Lipinski definition) is 0. The largest absolute Gasteiger partial charge is 0.485 e. The molecule has 1 aromatic carbocycles. The molecule has 0 aromatic heterocycles. The van der Waals surface area contributed by atoms with Crippen LogP contribution in [0, 0.1) is 0 Å². The third-order valence-corrected chi connectivity index (χ3v) is 2.55. The number of benzene rings is 1. The molecule has 1 unspecified atom stereocenters. The number of hydrogen-bond acceptors (Lipinski definition) is 5. The molecule has 18 heavy (non-hydrogen) atoms. The maximum absolute atomic E-state index is 11.7. The Morgan fingerprint density at radius 1 is 1.39 bits per heavy atom. The molecule has 0 aliphatic carbocycles. The molecule has 5 heteroatoms. The van der Waals surface area contributed by atoms with Crippen molar-refractivity contribution in [1.29, 1.82) is 0 Å². The zero-order valence-electron chi connectivity index (χ0n) is 10.6. The predicted octanol–water partition coefficient (Wildman–Crippen LogP) is 0.931. The van der Waals surface area contributed by atoms with Gasteiger partial charge in [0.15, 0.2) is 11.5 Å². The summed E-state index contributed by atoms with van der Waals surface area (Å²) in [5.74, 6) is 0.861. The Balaban J connectivity index is 1.87. The van der Waals surface area contributed by atoms with Crippen molar-refractivity contribution < 1.29 is 19.0 Å². The summed E-state index contributed by atoms with van der Waals surface area (Å²) in [5.41, 5.74) is 0. The van der Waals surface area contributed by atoms with Crippen molar-refractivity contribution >= 4 is 5.97 Å². The van der Waals surface area contributed by atoms with E-state index >= 15 is 0 Å². The number of fused-ring (bicyclic) bond motifs is 1. The van der Waals surface area contributed by atoms with Crippen LogP contribution in [0.5, 0.6) is 11.5 Å². The first-order valence-corrected chi connectivity index (χ1v) is 5.86. The summed E-state index contributed by atoms with van der Waals surface area (Å²) in [6.07, 6.45) is -0.679. The van der Waals surface area contributed by atoms with Gasteiger partial charge in [-0.1, -0.05) is 12.1 Å². The van der Waals surface area contributed by atoms with Crippen LogP contribution in [0.3, 0.4) is 0 Å². The van der Waals surface area contributed by atoms with E-state index in [0.29, 0.717) is 24.7 Å². The molecule has 1 aliphatic heterocycles. The van der Waals surface area contributed by atoms with Crippen LogP contribution in [0.2, 0.25) is 0 Å². The standard InChI is InChI=1S/C13H17NO4/c1-14(2)7-8-16-13(15)12-9-17-10-5-3-4-6-11(10)18-12/h3-6,12H,7-9H2,1-2H3. The first-order valence-electron chi connectivity index (χ1n) is 5.86. The summed E-state index contributed by atoms with van der Waals surface area (Å²) in [5, 5.41) is 0. The van der Waals surface area contributed by atoms with Gasteiger partial charge in [0.2, 0.25) is 6.10 Å². The lowest BCUT2D eigenvalue weighted by atomic mass is 10.2. The number of esters is 1. The van der Waals surface area contributed by atoms with Gasteiger partial charge in [0.1, 0.15) is 13.2 Å². The molecule has 1 heterocycles. The van der Waals surface area contributed by atoms with E-state index in [2.05, 4.69) is 0 Å². The summed E-state index contributed by atoms with van der Waals surface area (Å²) < 4.78 is 16.1. The molecule has 0 saturated heterocycles. The maximum Gasteiger partial charge on any atom is 0.351 e. The van der Waals surface area contributed by atoms with E-state index in [0.717, 1.165) is 0 Å². The van der Waals surface area contributed by atoms with Crippen molar-refractivity contribution in [2.75, 3.05) is 33.9 Å². The van der Waals surface area contributed by atoms with Crippen LogP contribution < -0.4 is 9.47 Å². The molecule has 1 aliphatic rings. The van der Waals surface area contributed by atoms with Crippen molar-refractivity contribution in [1.82, 2.24) is 4.90 Å². The van der Waals surface area contributed by atoms with Gasteiger partial charge in [-0.3, -0.25) is 0 Å². The molecule has 98 valence electrons. The lowest BCUT2D eigenvalue weighted by molar-refractivity contribution is -0.154. The highest BCUT2D eigenvalue weighted by atomic mass is 16.6. The maximum atomic E-state index is 11.7. The number of ether oxygens (including phenoxy) is 3. The molecule has 1 aromatic rings. The Hall–Kier alpha value is -1.75. The molecular weight excluding hydrogens is 234 g/mol. The van der Waals surface area contributed by atoms with Crippen LogP contribution in [-0.4, -0.2) is 50.8 Å². The summed E-state index contributed by atoms with van der Waals surface area (Å²) in [6, 6.07) is 7.28. The summed E-state index contributed by atoms with van der Waals surface area (Å²) in [4.78, 5) is 13.7. The van der Waals surface area contributed by atoms with E-state index in [1.165, 1.54) is 0 Å². The number of carbonyl (C=O) groups excluding carboxylic acids is 1. The first-order chi connectivity index (χ1) is 8.66. The van der Waals surface area contributed by atoms with Crippen molar-refractivity contribution in [3.63, 3.8) is 0 Å². The second-order valence-electron chi connectivity index (χ2n) is 4.34. The van der Waals surface area contributed by atoms with Gasteiger partial charge in [-0.05, 0) is 26.2 Å². The SMILES string of the molecule is CN(C)CCOC(=O)C1COc2ccccc2O1. The van der Waals surface area contributed by atoms with E-state index in [1.54, 1.807) is 6.07 Å². The smallest absolute Gasteiger partial charge is 0.351 e. The van der Waals surface area contributed by atoms with Crippen LogP contribution >= 0.6 is 0 Å².